The van der Waals surface area contributed by atoms with Crippen LogP contribution in [0.4, 0.5) is 0 Å². The first kappa shape index (κ1) is 15.5. The molecule has 0 amide bonds. The number of esters is 1. The zero-order valence-corrected chi connectivity index (χ0v) is 12.6. The fraction of sp³-hybridized carbons (Fsp3) is 0.294. The molecule has 0 atom stereocenters. The maximum absolute atomic E-state index is 12.1. The molecule has 0 bridgehead atoms. The van der Waals surface area contributed by atoms with Crippen LogP contribution in [0.5, 0.6) is 5.75 Å². The van der Waals surface area contributed by atoms with Crippen molar-refractivity contribution in [3.63, 3.8) is 0 Å². The Hall–Kier alpha value is -2.44. The van der Waals surface area contributed by atoms with Gasteiger partial charge in [-0.25, -0.2) is 4.79 Å². The Kier molecular flexibility index (Phi) is 4.85. The zero-order valence-electron chi connectivity index (χ0n) is 12.6. The van der Waals surface area contributed by atoms with Crippen molar-refractivity contribution < 1.29 is 18.7 Å². The molecule has 0 aliphatic carbocycles. The van der Waals surface area contributed by atoms with Gasteiger partial charge in [0.2, 0.25) is 11.2 Å². The summed E-state index contributed by atoms with van der Waals surface area (Å²) in [6, 6.07) is 9.86. The zero-order chi connectivity index (χ0) is 16.1. The summed E-state index contributed by atoms with van der Waals surface area (Å²) < 4.78 is 15.8. The predicted octanol–water partition coefficient (Wildman–Crippen LogP) is 1.69. The molecule has 3 rings (SSSR count). The lowest BCUT2D eigenvalue weighted by Crippen LogP contribution is -2.35. The van der Waals surface area contributed by atoms with Gasteiger partial charge in [-0.15, -0.1) is 0 Å². The van der Waals surface area contributed by atoms with Crippen LogP contribution in [0.3, 0.4) is 0 Å². The van der Waals surface area contributed by atoms with Gasteiger partial charge in [-0.05, 0) is 12.1 Å². The predicted molar refractivity (Wildman–Crippen MR) is 82.5 cm³/mol. The molecular formula is C17H17NO5. The lowest BCUT2D eigenvalue weighted by molar-refractivity contribution is 0.0310. The van der Waals surface area contributed by atoms with E-state index in [1.54, 1.807) is 30.3 Å². The van der Waals surface area contributed by atoms with E-state index in [9.17, 15) is 9.59 Å². The molecule has 1 fully saturated rings. The number of ether oxygens (including phenoxy) is 2. The smallest absolute Gasteiger partial charge is 0.343 e. The summed E-state index contributed by atoms with van der Waals surface area (Å²) in [5, 5.41) is 0. The van der Waals surface area contributed by atoms with Crippen molar-refractivity contribution in [3.05, 3.63) is 64.2 Å². The fourth-order valence-electron chi connectivity index (χ4n) is 2.31. The fourth-order valence-corrected chi connectivity index (χ4v) is 2.31. The van der Waals surface area contributed by atoms with E-state index in [2.05, 4.69) is 4.90 Å². The second kappa shape index (κ2) is 7.21. The molecule has 1 aromatic heterocycles. The summed E-state index contributed by atoms with van der Waals surface area (Å²) in [5.74, 6) is -0.153. The molecule has 0 unspecified atom stereocenters. The molecule has 1 aromatic carbocycles. The first-order chi connectivity index (χ1) is 11.2. The molecule has 1 saturated heterocycles. The number of carbonyl (C=O) groups is 1. The van der Waals surface area contributed by atoms with Crippen LogP contribution in [0.2, 0.25) is 0 Å². The van der Waals surface area contributed by atoms with E-state index in [0.29, 0.717) is 31.1 Å². The Morgan fingerprint density at radius 3 is 2.61 bits per heavy atom. The van der Waals surface area contributed by atoms with E-state index >= 15 is 0 Å². The number of morpholine rings is 1. The van der Waals surface area contributed by atoms with Crippen LogP contribution < -0.4 is 10.2 Å². The highest BCUT2D eigenvalue weighted by molar-refractivity contribution is 5.90. The van der Waals surface area contributed by atoms with Crippen LogP contribution >= 0.6 is 0 Å². The molecule has 2 heterocycles. The van der Waals surface area contributed by atoms with E-state index in [4.69, 9.17) is 13.9 Å². The SMILES string of the molecule is O=C(Oc1coc(CN2CCOCC2)cc1=O)c1ccccc1. The molecule has 0 radical (unpaired) electrons. The van der Waals surface area contributed by atoms with Gasteiger partial charge in [-0.3, -0.25) is 9.69 Å². The Balaban J connectivity index is 1.67. The van der Waals surface area contributed by atoms with Crippen molar-refractivity contribution in [3.8, 4) is 5.75 Å². The Morgan fingerprint density at radius 1 is 1.17 bits per heavy atom. The second-order valence-corrected chi connectivity index (χ2v) is 5.22. The third-order valence-corrected chi connectivity index (χ3v) is 3.55. The maximum atomic E-state index is 12.1. The molecule has 23 heavy (non-hydrogen) atoms. The molecule has 1 aliphatic heterocycles. The third kappa shape index (κ3) is 4.06. The van der Waals surface area contributed by atoms with Gasteiger partial charge in [0.25, 0.3) is 0 Å². The molecule has 0 N–H and O–H groups in total. The molecule has 2 aromatic rings. The van der Waals surface area contributed by atoms with Gasteiger partial charge in [-0.2, -0.15) is 0 Å². The first-order valence-electron chi connectivity index (χ1n) is 7.41. The van der Waals surface area contributed by atoms with Gasteiger partial charge in [0.15, 0.2) is 0 Å². The van der Waals surface area contributed by atoms with Crippen molar-refractivity contribution in [1.29, 1.82) is 0 Å². The van der Waals surface area contributed by atoms with Gasteiger partial charge < -0.3 is 13.9 Å². The third-order valence-electron chi connectivity index (χ3n) is 3.55. The Morgan fingerprint density at radius 2 is 1.91 bits per heavy atom. The average molecular weight is 315 g/mol. The van der Waals surface area contributed by atoms with Crippen LogP contribution in [0.15, 0.2) is 51.9 Å². The molecule has 6 nitrogen and oxygen atoms in total. The minimum Gasteiger partial charge on any atom is -0.464 e. The molecular weight excluding hydrogens is 298 g/mol. The largest absolute Gasteiger partial charge is 0.464 e. The van der Waals surface area contributed by atoms with Crippen LogP contribution in [0.1, 0.15) is 16.1 Å². The van der Waals surface area contributed by atoms with Crippen LogP contribution in [-0.4, -0.2) is 37.2 Å². The van der Waals surface area contributed by atoms with Crippen LogP contribution in [0, 0.1) is 0 Å². The topological polar surface area (TPSA) is 69.0 Å². The van der Waals surface area contributed by atoms with Crippen LogP contribution in [-0.2, 0) is 11.3 Å². The highest BCUT2D eigenvalue weighted by Gasteiger charge is 2.15. The maximum Gasteiger partial charge on any atom is 0.343 e. The molecule has 0 saturated carbocycles. The summed E-state index contributed by atoms with van der Waals surface area (Å²) in [7, 11) is 0. The van der Waals surface area contributed by atoms with E-state index in [1.165, 1.54) is 12.3 Å². The van der Waals surface area contributed by atoms with Gasteiger partial charge in [0, 0.05) is 19.2 Å². The van der Waals surface area contributed by atoms with E-state index in [-0.39, 0.29) is 11.2 Å². The summed E-state index contributed by atoms with van der Waals surface area (Å²) >= 11 is 0. The number of hydrogen-bond acceptors (Lipinski definition) is 6. The minimum atomic E-state index is -0.584. The van der Waals surface area contributed by atoms with Gasteiger partial charge in [0.1, 0.15) is 12.0 Å². The van der Waals surface area contributed by atoms with Gasteiger partial charge in [0.05, 0.1) is 25.3 Å². The van der Waals surface area contributed by atoms with E-state index in [1.807, 2.05) is 0 Å². The van der Waals surface area contributed by atoms with Crippen molar-refractivity contribution in [1.82, 2.24) is 4.90 Å². The minimum absolute atomic E-state index is 0.107. The normalized spacial score (nSPS) is 15.3. The summed E-state index contributed by atoms with van der Waals surface area (Å²) in [6.07, 6.45) is 1.19. The van der Waals surface area contributed by atoms with Crippen molar-refractivity contribution >= 4 is 5.97 Å². The van der Waals surface area contributed by atoms with E-state index < -0.39 is 5.97 Å². The number of hydrogen-bond donors (Lipinski definition) is 0. The van der Waals surface area contributed by atoms with Crippen molar-refractivity contribution in [2.24, 2.45) is 0 Å². The van der Waals surface area contributed by atoms with Crippen LogP contribution in [0.25, 0.3) is 0 Å². The highest BCUT2D eigenvalue weighted by atomic mass is 16.5. The summed E-state index contributed by atoms with van der Waals surface area (Å²) in [5.41, 5.74) is 0.00749. The average Bonchev–Trinajstić information content (AvgIpc) is 2.59. The number of rotatable bonds is 4. The van der Waals surface area contributed by atoms with Gasteiger partial charge >= 0.3 is 5.97 Å². The second-order valence-electron chi connectivity index (χ2n) is 5.22. The molecule has 6 heteroatoms. The monoisotopic (exact) mass is 315 g/mol. The first-order valence-corrected chi connectivity index (χ1v) is 7.41. The summed E-state index contributed by atoms with van der Waals surface area (Å²) in [6.45, 7) is 3.49. The Labute approximate surface area is 133 Å². The van der Waals surface area contributed by atoms with Crippen molar-refractivity contribution in [2.75, 3.05) is 26.3 Å². The lowest BCUT2D eigenvalue weighted by Gasteiger charge is -2.25. The van der Waals surface area contributed by atoms with Gasteiger partial charge in [-0.1, -0.05) is 18.2 Å². The standard InChI is InChI=1S/C17H17NO5/c19-15-10-14(11-18-6-8-21-9-7-18)22-12-16(15)23-17(20)13-4-2-1-3-5-13/h1-5,10,12H,6-9,11H2. The number of benzene rings is 1. The molecule has 1 aliphatic rings. The number of carbonyl (C=O) groups excluding carboxylic acids is 1. The highest BCUT2D eigenvalue weighted by Crippen LogP contribution is 2.11. The van der Waals surface area contributed by atoms with E-state index in [0.717, 1.165) is 13.1 Å². The molecule has 0 spiro atoms. The van der Waals surface area contributed by atoms with Crippen molar-refractivity contribution in [2.45, 2.75) is 6.54 Å². The lowest BCUT2D eigenvalue weighted by atomic mass is 10.2. The Bertz CT molecular complexity index is 719. The summed E-state index contributed by atoms with van der Waals surface area (Å²) in [4.78, 5) is 26.1. The number of nitrogens with zero attached hydrogens (tertiary/aromatic N) is 1. The quantitative estimate of drug-likeness (QED) is 0.800. The molecule has 120 valence electrons.